The van der Waals surface area contributed by atoms with Crippen molar-refractivity contribution in [1.29, 1.82) is 0 Å². The van der Waals surface area contributed by atoms with E-state index in [9.17, 15) is 9.18 Å². The number of rotatable bonds is 5. The minimum absolute atomic E-state index is 0.00250. The second kappa shape index (κ2) is 7.17. The van der Waals surface area contributed by atoms with Crippen LogP contribution < -0.4 is 0 Å². The number of nitrogens with zero attached hydrogens (tertiary/aromatic N) is 4. The van der Waals surface area contributed by atoms with Gasteiger partial charge in [-0.25, -0.2) is 9.38 Å². The van der Waals surface area contributed by atoms with E-state index in [0.29, 0.717) is 35.5 Å². The average Bonchev–Trinajstić information content (AvgIpc) is 3.34. The first-order chi connectivity index (χ1) is 12.7. The number of aromatic nitrogens is 2. The Hall–Kier alpha value is -2.87. The van der Waals surface area contributed by atoms with Crippen molar-refractivity contribution >= 4 is 28.5 Å². The van der Waals surface area contributed by atoms with Gasteiger partial charge >= 0.3 is 0 Å². The van der Waals surface area contributed by atoms with Crippen LogP contribution >= 0.6 is 11.8 Å². The van der Waals surface area contributed by atoms with E-state index in [0.717, 1.165) is 5.56 Å². The molecule has 0 aliphatic carbocycles. The number of benzene rings is 1. The molecular formula is C18H15FN4O2S. The molecule has 0 unspecified atom stereocenters. The lowest BCUT2D eigenvalue weighted by atomic mass is 10.2. The maximum atomic E-state index is 13.3. The average molecular weight is 370 g/mol. The van der Waals surface area contributed by atoms with Crippen LogP contribution in [0.1, 0.15) is 11.3 Å². The fraction of sp³-hybridized carbons (Fsp3) is 0.167. The normalized spacial score (nSPS) is 16.0. The van der Waals surface area contributed by atoms with E-state index in [1.165, 1.54) is 23.9 Å². The number of furan rings is 1. The summed E-state index contributed by atoms with van der Waals surface area (Å²) in [6.45, 7) is 0.805. The highest BCUT2D eigenvalue weighted by Gasteiger charge is 2.29. The predicted molar refractivity (Wildman–Crippen MR) is 96.5 cm³/mol. The van der Waals surface area contributed by atoms with Crippen molar-refractivity contribution in [1.82, 2.24) is 14.7 Å². The van der Waals surface area contributed by atoms with Crippen LogP contribution in [-0.2, 0) is 17.9 Å². The zero-order valence-electron chi connectivity index (χ0n) is 13.7. The Bertz CT molecular complexity index is 952. The third kappa shape index (κ3) is 3.70. The fourth-order valence-electron chi connectivity index (χ4n) is 2.63. The molecule has 6 nitrogen and oxygen atoms in total. The van der Waals surface area contributed by atoms with Crippen molar-refractivity contribution in [2.24, 2.45) is 4.99 Å². The summed E-state index contributed by atoms with van der Waals surface area (Å²) in [5.74, 6) is 0.786. The Morgan fingerprint density at radius 1 is 1.27 bits per heavy atom. The number of carbonyl (C=O) groups excluding carboxylic acids is 1. The van der Waals surface area contributed by atoms with Crippen LogP contribution in [0.4, 0.5) is 10.1 Å². The van der Waals surface area contributed by atoms with E-state index in [2.05, 4.69) is 10.1 Å². The Morgan fingerprint density at radius 3 is 3.00 bits per heavy atom. The van der Waals surface area contributed by atoms with E-state index in [1.54, 1.807) is 40.4 Å². The molecule has 1 aliphatic heterocycles. The lowest BCUT2D eigenvalue weighted by Gasteiger charge is -2.13. The predicted octanol–water partition coefficient (Wildman–Crippen LogP) is 3.43. The number of amides is 1. The van der Waals surface area contributed by atoms with Gasteiger partial charge in [-0.05, 0) is 29.8 Å². The van der Waals surface area contributed by atoms with Gasteiger partial charge in [-0.3, -0.25) is 14.4 Å². The second-order valence-electron chi connectivity index (χ2n) is 5.77. The highest BCUT2D eigenvalue weighted by molar-refractivity contribution is 8.15. The minimum Gasteiger partial charge on any atom is -0.467 e. The van der Waals surface area contributed by atoms with Crippen LogP contribution in [0.2, 0.25) is 0 Å². The third-order valence-electron chi connectivity index (χ3n) is 3.83. The molecule has 26 heavy (non-hydrogen) atoms. The van der Waals surface area contributed by atoms with Crippen molar-refractivity contribution in [3.05, 3.63) is 72.2 Å². The van der Waals surface area contributed by atoms with Crippen LogP contribution in [-0.4, -0.2) is 31.5 Å². The molecule has 1 fully saturated rings. The Kier molecular flexibility index (Phi) is 4.57. The van der Waals surface area contributed by atoms with Crippen LogP contribution in [0.25, 0.3) is 0 Å². The van der Waals surface area contributed by atoms with Crippen LogP contribution in [0, 0.1) is 5.82 Å². The molecule has 2 aromatic heterocycles. The SMILES string of the molecule is O=C1CSC(=Nc2cnn(Cc3cccc(F)c3)c2)N1Cc1ccco1. The maximum absolute atomic E-state index is 13.3. The number of halogens is 1. The van der Waals surface area contributed by atoms with E-state index in [1.807, 2.05) is 12.1 Å². The van der Waals surface area contributed by atoms with Gasteiger partial charge in [0.15, 0.2) is 5.17 Å². The molecule has 1 saturated heterocycles. The molecule has 0 saturated carbocycles. The molecule has 1 aromatic carbocycles. The lowest BCUT2D eigenvalue weighted by Crippen LogP contribution is -2.28. The molecule has 3 heterocycles. The highest BCUT2D eigenvalue weighted by Crippen LogP contribution is 2.25. The smallest absolute Gasteiger partial charge is 0.239 e. The summed E-state index contributed by atoms with van der Waals surface area (Å²) in [7, 11) is 0. The standard InChI is InChI=1S/C18H15FN4O2S/c19-14-4-1-3-13(7-14)9-22-10-15(8-20-22)21-18-23(17(24)12-26-18)11-16-5-2-6-25-16/h1-8,10H,9,11-12H2. The minimum atomic E-state index is -0.274. The van der Waals surface area contributed by atoms with Gasteiger partial charge in [0.05, 0.1) is 37.5 Å². The van der Waals surface area contributed by atoms with Gasteiger partial charge < -0.3 is 4.42 Å². The Morgan fingerprint density at radius 2 is 2.19 bits per heavy atom. The second-order valence-corrected chi connectivity index (χ2v) is 6.71. The summed E-state index contributed by atoms with van der Waals surface area (Å²) in [5.41, 5.74) is 1.46. The first-order valence-electron chi connectivity index (χ1n) is 7.98. The largest absolute Gasteiger partial charge is 0.467 e. The van der Waals surface area contributed by atoms with Gasteiger partial charge in [-0.15, -0.1) is 0 Å². The quantitative estimate of drug-likeness (QED) is 0.690. The molecule has 0 spiro atoms. The van der Waals surface area contributed by atoms with Crippen molar-refractivity contribution < 1.29 is 13.6 Å². The molecular weight excluding hydrogens is 355 g/mol. The number of hydrogen-bond acceptors (Lipinski definition) is 5. The highest BCUT2D eigenvalue weighted by atomic mass is 32.2. The number of thioether (sulfide) groups is 1. The molecule has 8 heteroatoms. The van der Waals surface area contributed by atoms with Gasteiger partial charge in [-0.1, -0.05) is 23.9 Å². The fourth-order valence-corrected chi connectivity index (χ4v) is 3.53. The van der Waals surface area contributed by atoms with Crippen molar-refractivity contribution in [2.75, 3.05) is 5.75 Å². The van der Waals surface area contributed by atoms with E-state index in [-0.39, 0.29) is 11.7 Å². The van der Waals surface area contributed by atoms with Crippen molar-refractivity contribution in [2.45, 2.75) is 13.1 Å². The van der Waals surface area contributed by atoms with Crippen LogP contribution in [0.5, 0.6) is 0 Å². The Labute approximate surface area is 153 Å². The van der Waals surface area contributed by atoms with Gasteiger partial charge in [0, 0.05) is 0 Å². The molecule has 3 aromatic rings. The first-order valence-corrected chi connectivity index (χ1v) is 8.97. The zero-order chi connectivity index (χ0) is 17.9. The van der Waals surface area contributed by atoms with Crippen molar-refractivity contribution in [3.8, 4) is 0 Å². The van der Waals surface area contributed by atoms with E-state index >= 15 is 0 Å². The van der Waals surface area contributed by atoms with Gasteiger partial charge in [0.2, 0.25) is 5.91 Å². The molecule has 0 N–H and O–H groups in total. The van der Waals surface area contributed by atoms with Gasteiger partial charge in [0.25, 0.3) is 0 Å². The van der Waals surface area contributed by atoms with E-state index < -0.39 is 0 Å². The molecule has 0 bridgehead atoms. The summed E-state index contributed by atoms with van der Waals surface area (Å²) in [6.07, 6.45) is 4.98. The molecule has 0 radical (unpaired) electrons. The van der Waals surface area contributed by atoms with E-state index in [4.69, 9.17) is 4.42 Å². The molecule has 1 amide bonds. The number of carbonyl (C=O) groups is 1. The number of aliphatic imine (C=N–C) groups is 1. The zero-order valence-corrected chi connectivity index (χ0v) is 14.5. The monoisotopic (exact) mass is 370 g/mol. The summed E-state index contributed by atoms with van der Waals surface area (Å²) < 4.78 is 20.3. The summed E-state index contributed by atoms with van der Waals surface area (Å²) in [6, 6.07) is 10.0. The molecule has 4 rings (SSSR count). The lowest BCUT2D eigenvalue weighted by molar-refractivity contribution is -0.124. The van der Waals surface area contributed by atoms with Crippen LogP contribution in [0.3, 0.4) is 0 Å². The van der Waals surface area contributed by atoms with Crippen LogP contribution in [0.15, 0.2) is 64.5 Å². The molecule has 132 valence electrons. The van der Waals surface area contributed by atoms with Gasteiger partial charge in [-0.2, -0.15) is 5.10 Å². The maximum Gasteiger partial charge on any atom is 0.239 e. The topological polar surface area (TPSA) is 63.6 Å². The summed E-state index contributed by atoms with van der Waals surface area (Å²) in [4.78, 5) is 18.2. The Balaban J connectivity index is 1.50. The summed E-state index contributed by atoms with van der Waals surface area (Å²) >= 11 is 1.39. The van der Waals surface area contributed by atoms with Crippen molar-refractivity contribution in [3.63, 3.8) is 0 Å². The third-order valence-corrected chi connectivity index (χ3v) is 4.79. The van der Waals surface area contributed by atoms with Gasteiger partial charge in [0.1, 0.15) is 17.3 Å². The molecule has 1 aliphatic rings. The first kappa shape index (κ1) is 16.6. The molecule has 0 atom stereocenters. The number of hydrogen-bond donors (Lipinski definition) is 0. The number of amidine groups is 1. The summed E-state index contributed by atoms with van der Waals surface area (Å²) in [5, 5.41) is 4.88.